The zero-order valence-electron chi connectivity index (χ0n) is 9.03. The molecule has 0 saturated heterocycles. The molecule has 2 rings (SSSR count). The molecule has 1 aliphatic carbocycles. The molecule has 1 aliphatic heterocycles. The summed E-state index contributed by atoms with van der Waals surface area (Å²) in [4.78, 5) is 4.63. The molecule has 0 amide bonds. The Hall–Kier alpha value is -1.05. The van der Waals surface area contributed by atoms with Crippen LogP contribution in [0.25, 0.3) is 0 Å². The monoisotopic (exact) mass is 191 g/mol. The van der Waals surface area contributed by atoms with Crippen LogP contribution in [0.2, 0.25) is 0 Å². The Kier molecular flexibility index (Phi) is 2.22. The zero-order chi connectivity index (χ0) is 10.2. The van der Waals surface area contributed by atoms with Gasteiger partial charge in [0.15, 0.2) is 5.90 Å². The van der Waals surface area contributed by atoms with Crippen LogP contribution in [0.5, 0.6) is 0 Å². The van der Waals surface area contributed by atoms with E-state index in [1.54, 1.807) is 0 Å². The van der Waals surface area contributed by atoms with E-state index < -0.39 is 0 Å². The fourth-order valence-corrected chi connectivity index (χ4v) is 1.61. The summed E-state index contributed by atoms with van der Waals surface area (Å²) in [5.41, 5.74) is 0.202. The van der Waals surface area contributed by atoms with Crippen LogP contribution in [0.3, 0.4) is 0 Å². The summed E-state index contributed by atoms with van der Waals surface area (Å²) >= 11 is 0. The number of hydrogen-bond acceptors (Lipinski definition) is 2. The molecule has 0 aromatic rings. The average Bonchev–Trinajstić information content (AvgIpc) is 2.73. The fourth-order valence-electron chi connectivity index (χ4n) is 1.61. The predicted octanol–water partition coefficient (Wildman–Crippen LogP) is 2.57. The molecule has 1 atom stereocenters. The lowest BCUT2D eigenvalue weighted by molar-refractivity contribution is 0.232. The van der Waals surface area contributed by atoms with Crippen LogP contribution in [0.1, 0.15) is 20.8 Å². The predicted molar refractivity (Wildman–Crippen MR) is 58.4 cm³/mol. The molecular formula is C12H17NO. The third-order valence-electron chi connectivity index (χ3n) is 2.70. The summed E-state index contributed by atoms with van der Waals surface area (Å²) in [5, 5.41) is 0. The van der Waals surface area contributed by atoms with E-state index in [2.05, 4.69) is 37.9 Å². The van der Waals surface area contributed by atoms with Crippen molar-refractivity contribution in [2.24, 2.45) is 16.3 Å². The summed E-state index contributed by atoms with van der Waals surface area (Å²) in [6, 6.07) is 0.305. The molecular weight excluding hydrogens is 174 g/mol. The second kappa shape index (κ2) is 3.26. The van der Waals surface area contributed by atoms with Gasteiger partial charge in [-0.1, -0.05) is 45.1 Å². The molecule has 0 radical (unpaired) electrons. The SMILES string of the molecule is CC(C)(C)[C@H]1COC(C2C=CC=C2)=N1. The second-order valence-electron chi connectivity index (χ2n) is 4.96. The number of ether oxygens (including phenoxy) is 1. The summed E-state index contributed by atoms with van der Waals surface area (Å²) in [6.07, 6.45) is 8.32. The van der Waals surface area contributed by atoms with E-state index in [4.69, 9.17) is 4.74 Å². The van der Waals surface area contributed by atoms with Crippen molar-refractivity contribution in [1.82, 2.24) is 0 Å². The van der Waals surface area contributed by atoms with Crippen molar-refractivity contribution in [3.63, 3.8) is 0 Å². The van der Waals surface area contributed by atoms with Crippen LogP contribution in [0.15, 0.2) is 29.3 Å². The van der Waals surface area contributed by atoms with Crippen LogP contribution in [-0.4, -0.2) is 18.5 Å². The van der Waals surface area contributed by atoms with E-state index in [0.717, 1.165) is 12.5 Å². The largest absolute Gasteiger partial charge is 0.478 e. The highest BCUT2D eigenvalue weighted by Crippen LogP contribution is 2.28. The fraction of sp³-hybridized carbons (Fsp3) is 0.583. The second-order valence-corrected chi connectivity index (χ2v) is 4.96. The molecule has 76 valence electrons. The number of hydrogen-bond donors (Lipinski definition) is 0. The van der Waals surface area contributed by atoms with Crippen LogP contribution in [0, 0.1) is 11.3 Å². The topological polar surface area (TPSA) is 21.6 Å². The number of nitrogens with zero attached hydrogens (tertiary/aromatic N) is 1. The van der Waals surface area contributed by atoms with Gasteiger partial charge in [0.05, 0.1) is 12.0 Å². The average molecular weight is 191 g/mol. The Labute approximate surface area is 85.4 Å². The van der Waals surface area contributed by atoms with Gasteiger partial charge in [0.25, 0.3) is 0 Å². The van der Waals surface area contributed by atoms with E-state index >= 15 is 0 Å². The standard InChI is InChI=1S/C12H17NO/c1-12(2,3)10-8-14-11(13-10)9-6-4-5-7-9/h4-7,9-10H,8H2,1-3H3/t10-/m1/s1. The van der Waals surface area contributed by atoms with Gasteiger partial charge in [-0.3, -0.25) is 0 Å². The molecule has 0 fully saturated rings. The van der Waals surface area contributed by atoms with Crippen LogP contribution < -0.4 is 0 Å². The van der Waals surface area contributed by atoms with Gasteiger partial charge in [-0.2, -0.15) is 0 Å². The van der Waals surface area contributed by atoms with Crippen LogP contribution in [-0.2, 0) is 4.74 Å². The molecule has 2 nitrogen and oxygen atoms in total. The summed E-state index contributed by atoms with van der Waals surface area (Å²) in [7, 11) is 0. The molecule has 0 aromatic carbocycles. The van der Waals surface area contributed by atoms with E-state index in [-0.39, 0.29) is 11.3 Å². The highest BCUT2D eigenvalue weighted by molar-refractivity contribution is 5.84. The Bertz CT molecular complexity index is 295. The first-order valence-electron chi connectivity index (χ1n) is 5.13. The van der Waals surface area contributed by atoms with Gasteiger partial charge in [-0.25, -0.2) is 4.99 Å². The highest BCUT2D eigenvalue weighted by atomic mass is 16.5. The molecule has 2 heteroatoms. The van der Waals surface area contributed by atoms with Crippen molar-refractivity contribution >= 4 is 5.90 Å². The number of rotatable bonds is 1. The van der Waals surface area contributed by atoms with Crippen molar-refractivity contribution in [3.8, 4) is 0 Å². The van der Waals surface area contributed by atoms with Gasteiger partial charge in [-0.05, 0) is 5.41 Å². The molecule has 0 aromatic heterocycles. The Morgan fingerprint density at radius 2 is 1.93 bits per heavy atom. The lowest BCUT2D eigenvalue weighted by atomic mass is 9.88. The third-order valence-corrected chi connectivity index (χ3v) is 2.70. The first-order valence-corrected chi connectivity index (χ1v) is 5.13. The molecule has 0 N–H and O–H groups in total. The lowest BCUT2D eigenvalue weighted by Gasteiger charge is -2.21. The molecule has 1 heterocycles. The molecule has 14 heavy (non-hydrogen) atoms. The Balaban J connectivity index is 2.09. The summed E-state index contributed by atoms with van der Waals surface area (Å²) in [5.74, 6) is 1.16. The molecule has 0 saturated carbocycles. The zero-order valence-corrected chi connectivity index (χ0v) is 9.03. The lowest BCUT2D eigenvalue weighted by Crippen LogP contribution is -2.25. The molecule has 0 unspecified atom stereocenters. The Morgan fingerprint density at radius 1 is 1.29 bits per heavy atom. The minimum atomic E-state index is 0.202. The van der Waals surface area contributed by atoms with Crippen molar-refractivity contribution in [2.45, 2.75) is 26.8 Å². The van der Waals surface area contributed by atoms with Crippen molar-refractivity contribution in [2.75, 3.05) is 6.61 Å². The molecule has 0 spiro atoms. The molecule has 0 bridgehead atoms. The maximum absolute atomic E-state index is 5.62. The number of aliphatic imine (C=N–C) groups is 1. The van der Waals surface area contributed by atoms with E-state index in [1.807, 2.05) is 12.2 Å². The highest BCUT2D eigenvalue weighted by Gasteiger charge is 2.31. The van der Waals surface area contributed by atoms with Crippen molar-refractivity contribution in [1.29, 1.82) is 0 Å². The summed E-state index contributed by atoms with van der Waals surface area (Å²) in [6.45, 7) is 7.34. The smallest absolute Gasteiger partial charge is 0.194 e. The van der Waals surface area contributed by atoms with Gasteiger partial charge in [-0.15, -0.1) is 0 Å². The number of allylic oxidation sites excluding steroid dienone is 2. The van der Waals surface area contributed by atoms with E-state index in [0.29, 0.717) is 6.04 Å². The maximum Gasteiger partial charge on any atom is 0.194 e. The van der Waals surface area contributed by atoms with Gasteiger partial charge in [0, 0.05) is 0 Å². The minimum absolute atomic E-state index is 0.202. The van der Waals surface area contributed by atoms with Gasteiger partial charge < -0.3 is 4.74 Å². The van der Waals surface area contributed by atoms with E-state index in [9.17, 15) is 0 Å². The summed E-state index contributed by atoms with van der Waals surface area (Å²) < 4.78 is 5.62. The third kappa shape index (κ3) is 1.74. The van der Waals surface area contributed by atoms with Crippen LogP contribution in [0.4, 0.5) is 0 Å². The maximum atomic E-state index is 5.62. The first kappa shape index (κ1) is 9.50. The molecule has 2 aliphatic rings. The van der Waals surface area contributed by atoms with Gasteiger partial charge in [0.2, 0.25) is 0 Å². The van der Waals surface area contributed by atoms with Crippen LogP contribution >= 0.6 is 0 Å². The van der Waals surface area contributed by atoms with Crippen molar-refractivity contribution in [3.05, 3.63) is 24.3 Å². The van der Waals surface area contributed by atoms with Gasteiger partial charge in [0.1, 0.15) is 6.61 Å². The van der Waals surface area contributed by atoms with Gasteiger partial charge >= 0.3 is 0 Å². The minimum Gasteiger partial charge on any atom is -0.478 e. The van der Waals surface area contributed by atoms with E-state index in [1.165, 1.54) is 0 Å². The first-order chi connectivity index (χ1) is 6.57. The quantitative estimate of drug-likeness (QED) is 0.624. The normalized spacial score (nSPS) is 26.8. The van der Waals surface area contributed by atoms with Crippen molar-refractivity contribution < 1.29 is 4.74 Å². The Morgan fingerprint density at radius 3 is 2.43 bits per heavy atom.